The summed E-state index contributed by atoms with van der Waals surface area (Å²) in [5, 5.41) is 0. The molecule has 0 bridgehead atoms. The Balaban J connectivity index is 4.36. The van der Waals surface area contributed by atoms with Crippen LogP contribution in [0.5, 0.6) is 0 Å². The van der Waals surface area contributed by atoms with Crippen molar-refractivity contribution in [3.05, 3.63) is 24.3 Å². The van der Waals surface area contributed by atoms with E-state index in [-0.39, 0.29) is 0 Å². The van der Waals surface area contributed by atoms with Crippen molar-refractivity contribution in [1.29, 1.82) is 0 Å². The monoisotopic (exact) mass is 282 g/mol. The van der Waals surface area contributed by atoms with Gasteiger partial charge in [-0.25, -0.2) is 0 Å². The molecule has 112 valence electrons. The van der Waals surface area contributed by atoms with Crippen LogP contribution in [0, 0.1) is 0 Å². The van der Waals surface area contributed by atoms with E-state index >= 15 is 0 Å². The summed E-state index contributed by atoms with van der Waals surface area (Å²) in [6.07, 6.45) is 10.7. The molecule has 0 atom stereocenters. The van der Waals surface area contributed by atoms with E-state index in [9.17, 15) is 0 Å². The first-order valence-corrected chi connectivity index (χ1v) is 9.95. The molecule has 0 N–H and O–H groups in total. The van der Waals surface area contributed by atoms with Gasteiger partial charge in [-0.1, -0.05) is 65.8 Å². The summed E-state index contributed by atoms with van der Waals surface area (Å²) in [6, 6.07) is 0. The Morgan fingerprint density at radius 2 is 1.42 bits per heavy atom. The number of unbranched alkanes of at least 4 members (excludes halogenated alkanes) is 1. The van der Waals surface area contributed by atoms with Gasteiger partial charge in [-0.2, -0.15) is 0 Å². The molecule has 0 aromatic rings. The summed E-state index contributed by atoms with van der Waals surface area (Å²) < 4.78 is 6.51. The zero-order valence-corrected chi connectivity index (χ0v) is 15.1. The van der Waals surface area contributed by atoms with E-state index in [0.717, 1.165) is 19.4 Å². The predicted molar refractivity (Wildman–Crippen MR) is 90.2 cm³/mol. The van der Waals surface area contributed by atoms with Crippen molar-refractivity contribution in [2.75, 3.05) is 6.61 Å². The van der Waals surface area contributed by atoms with Gasteiger partial charge in [0.1, 0.15) is 0 Å². The van der Waals surface area contributed by atoms with Crippen molar-refractivity contribution in [2.45, 2.75) is 77.9 Å². The molecule has 0 unspecified atom stereocenters. The largest absolute Gasteiger partial charge is 0.416 e. The van der Waals surface area contributed by atoms with Crippen molar-refractivity contribution in [3.63, 3.8) is 0 Å². The van der Waals surface area contributed by atoms with Crippen LogP contribution in [-0.2, 0) is 4.43 Å². The number of rotatable bonds is 9. The van der Waals surface area contributed by atoms with Gasteiger partial charge in [-0.3, -0.25) is 0 Å². The number of hydrogen-bond donors (Lipinski definition) is 0. The molecule has 0 saturated heterocycles. The normalized spacial score (nSPS) is 13.8. The van der Waals surface area contributed by atoms with Crippen LogP contribution in [-0.4, -0.2) is 14.9 Å². The highest BCUT2D eigenvalue weighted by molar-refractivity contribution is 6.77. The van der Waals surface area contributed by atoms with Crippen molar-refractivity contribution in [1.82, 2.24) is 0 Å². The number of hydrogen-bond acceptors (Lipinski definition) is 1. The minimum absolute atomic E-state index is 0.686. The van der Waals surface area contributed by atoms with E-state index in [1.54, 1.807) is 0 Å². The Labute approximate surface area is 122 Å². The van der Waals surface area contributed by atoms with Gasteiger partial charge >= 0.3 is 0 Å². The van der Waals surface area contributed by atoms with Crippen LogP contribution in [0.25, 0.3) is 0 Å². The maximum atomic E-state index is 6.51. The molecule has 0 radical (unpaired) electrons. The molecular weight excluding hydrogens is 248 g/mol. The van der Waals surface area contributed by atoms with E-state index in [1.165, 1.54) is 0 Å². The highest BCUT2D eigenvalue weighted by Gasteiger charge is 2.44. The van der Waals surface area contributed by atoms with E-state index in [1.807, 2.05) is 6.92 Å². The maximum Gasteiger partial charge on any atom is 0.200 e. The summed E-state index contributed by atoms with van der Waals surface area (Å²) in [5.74, 6) is 0. The fraction of sp³-hybridized carbons (Fsp3) is 0.765. The summed E-state index contributed by atoms with van der Waals surface area (Å²) >= 11 is 0. The second kappa shape index (κ2) is 9.54. The predicted octanol–water partition coefficient (Wildman–Crippen LogP) is 6.09. The van der Waals surface area contributed by atoms with Gasteiger partial charge in [0.15, 0.2) is 8.32 Å². The van der Waals surface area contributed by atoms with Gasteiger partial charge in [0.25, 0.3) is 0 Å². The second-order valence-corrected chi connectivity index (χ2v) is 11.7. The van der Waals surface area contributed by atoms with Crippen LogP contribution in [0.15, 0.2) is 24.3 Å². The molecule has 0 aliphatic carbocycles. The molecule has 0 aliphatic rings. The summed E-state index contributed by atoms with van der Waals surface area (Å²) in [7, 11) is -1.64. The molecule has 0 aliphatic heterocycles. The molecule has 0 spiro atoms. The average molecular weight is 283 g/mol. The first-order valence-electron chi connectivity index (χ1n) is 7.81. The topological polar surface area (TPSA) is 9.23 Å². The molecule has 0 fully saturated rings. The lowest BCUT2D eigenvalue weighted by Crippen LogP contribution is -2.47. The minimum atomic E-state index is -1.64. The smallest absolute Gasteiger partial charge is 0.200 e. The van der Waals surface area contributed by atoms with Crippen LogP contribution in [0.1, 0.15) is 61.3 Å². The summed E-state index contributed by atoms with van der Waals surface area (Å²) in [4.78, 5) is 0. The van der Waals surface area contributed by atoms with Crippen LogP contribution in [0.2, 0.25) is 16.6 Å². The lowest BCUT2D eigenvalue weighted by atomic mass is 10.3. The Bertz CT molecular complexity index is 255. The van der Waals surface area contributed by atoms with E-state index in [4.69, 9.17) is 4.43 Å². The van der Waals surface area contributed by atoms with Crippen molar-refractivity contribution in [2.24, 2.45) is 0 Å². The van der Waals surface area contributed by atoms with Gasteiger partial charge in [0, 0.05) is 6.61 Å². The standard InChI is InChI=1S/C17H34OSi/c1-8-9-10-11-12-13-14-18-19(15(2)3,16(4)5)17(6)7/h8-11,15-17H,12-14H2,1-7H3/b9-8+,11-10-. The molecule has 1 nitrogen and oxygen atoms in total. The Kier molecular flexibility index (Phi) is 9.37. The fourth-order valence-corrected chi connectivity index (χ4v) is 8.73. The molecular formula is C17H34OSi. The van der Waals surface area contributed by atoms with Gasteiger partial charge in [-0.05, 0) is 36.4 Å². The third-order valence-corrected chi connectivity index (χ3v) is 10.1. The van der Waals surface area contributed by atoms with Crippen LogP contribution < -0.4 is 0 Å². The molecule has 0 aromatic heterocycles. The quantitative estimate of drug-likeness (QED) is 0.282. The van der Waals surface area contributed by atoms with Gasteiger partial charge in [0.2, 0.25) is 0 Å². The zero-order chi connectivity index (χ0) is 14.9. The molecule has 2 heteroatoms. The van der Waals surface area contributed by atoms with Crippen molar-refractivity contribution < 1.29 is 4.43 Å². The molecule has 0 heterocycles. The lowest BCUT2D eigenvalue weighted by molar-refractivity contribution is 0.273. The Hall–Kier alpha value is -0.343. The third kappa shape index (κ3) is 5.66. The molecule has 0 rings (SSSR count). The molecule has 0 aromatic carbocycles. The van der Waals surface area contributed by atoms with E-state index in [0.29, 0.717) is 16.6 Å². The van der Waals surface area contributed by atoms with Gasteiger partial charge in [0.05, 0.1) is 0 Å². The van der Waals surface area contributed by atoms with Crippen molar-refractivity contribution >= 4 is 8.32 Å². The lowest BCUT2D eigenvalue weighted by Gasteiger charge is -2.42. The Morgan fingerprint density at radius 1 is 0.895 bits per heavy atom. The Morgan fingerprint density at radius 3 is 1.84 bits per heavy atom. The first-order chi connectivity index (χ1) is 8.89. The molecule has 0 amide bonds. The highest BCUT2D eigenvalue weighted by Crippen LogP contribution is 2.42. The van der Waals surface area contributed by atoms with Gasteiger partial charge in [-0.15, -0.1) is 0 Å². The van der Waals surface area contributed by atoms with Crippen LogP contribution in [0.3, 0.4) is 0 Å². The molecule has 19 heavy (non-hydrogen) atoms. The van der Waals surface area contributed by atoms with E-state index in [2.05, 4.69) is 65.8 Å². The highest BCUT2D eigenvalue weighted by atomic mass is 28.4. The van der Waals surface area contributed by atoms with Crippen molar-refractivity contribution in [3.8, 4) is 0 Å². The average Bonchev–Trinajstić information content (AvgIpc) is 2.31. The third-order valence-electron chi connectivity index (χ3n) is 4.01. The van der Waals surface area contributed by atoms with E-state index < -0.39 is 8.32 Å². The first kappa shape index (κ1) is 18.7. The van der Waals surface area contributed by atoms with Crippen LogP contribution in [0.4, 0.5) is 0 Å². The fourth-order valence-electron chi connectivity index (χ4n) is 3.24. The van der Waals surface area contributed by atoms with Gasteiger partial charge < -0.3 is 4.43 Å². The second-order valence-electron chi connectivity index (χ2n) is 6.26. The number of allylic oxidation sites excluding steroid dienone is 4. The SMILES string of the molecule is C/C=C/C=C\CCCO[Si](C(C)C)(C(C)C)C(C)C. The zero-order valence-electron chi connectivity index (χ0n) is 14.1. The summed E-state index contributed by atoms with van der Waals surface area (Å²) in [5.41, 5.74) is 2.06. The maximum absolute atomic E-state index is 6.51. The van der Waals surface area contributed by atoms with Crippen LogP contribution >= 0.6 is 0 Å². The minimum Gasteiger partial charge on any atom is -0.416 e. The molecule has 0 saturated carbocycles. The summed E-state index contributed by atoms with van der Waals surface area (Å²) in [6.45, 7) is 17.0.